The van der Waals surface area contributed by atoms with Gasteiger partial charge in [0, 0.05) is 0 Å². The molecular weight excluding hydrogens is 188 g/mol. The van der Waals surface area contributed by atoms with Gasteiger partial charge >= 0.3 is 0 Å². The molecule has 0 amide bonds. The van der Waals surface area contributed by atoms with E-state index in [-0.39, 0.29) is 12.2 Å². The average Bonchev–Trinajstić information content (AvgIpc) is 2.57. The van der Waals surface area contributed by atoms with E-state index in [0.717, 1.165) is 30.6 Å². The normalized spacial score (nSPS) is 25.5. The molecule has 0 unspecified atom stereocenters. The van der Waals surface area contributed by atoms with E-state index >= 15 is 0 Å². The highest BCUT2D eigenvalue weighted by molar-refractivity contribution is 5.35. The number of hydrogen-bond donors (Lipinski definition) is 1. The van der Waals surface area contributed by atoms with Gasteiger partial charge in [-0.3, -0.25) is 0 Å². The zero-order valence-electron chi connectivity index (χ0n) is 9.36. The number of benzene rings is 1. The van der Waals surface area contributed by atoms with Crippen molar-refractivity contribution in [1.82, 2.24) is 0 Å². The summed E-state index contributed by atoms with van der Waals surface area (Å²) >= 11 is 0. The third kappa shape index (κ3) is 2.32. The van der Waals surface area contributed by atoms with Crippen LogP contribution in [0.15, 0.2) is 18.2 Å². The van der Waals surface area contributed by atoms with Crippen LogP contribution in [0.25, 0.3) is 0 Å². The summed E-state index contributed by atoms with van der Waals surface area (Å²) in [5.41, 5.74) is 2.39. The van der Waals surface area contributed by atoms with Gasteiger partial charge in [-0.1, -0.05) is 17.7 Å². The summed E-state index contributed by atoms with van der Waals surface area (Å²) in [6.07, 6.45) is 2.61. The Hall–Kier alpha value is -1.02. The van der Waals surface area contributed by atoms with Gasteiger partial charge in [0.05, 0.1) is 6.10 Å². The third-order valence-corrected chi connectivity index (χ3v) is 3.03. The lowest BCUT2D eigenvalue weighted by atomic mass is 10.1. The Balaban J connectivity index is 2.10. The Bertz CT molecular complexity index is 346. The molecule has 82 valence electrons. The van der Waals surface area contributed by atoms with Crippen LogP contribution in [0, 0.1) is 13.8 Å². The van der Waals surface area contributed by atoms with Crippen LogP contribution in [0.3, 0.4) is 0 Å². The largest absolute Gasteiger partial charge is 0.487 e. The SMILES string of the molecule is Cc1ccc(O[C@@H]2CCC[C@H]2O)c(C)c1. The standard InChI is InChI=1S/C13H18O2/c1-9-6-7-12(10(2)8-9)15-13-5-3-4-11(13)14/h6-8,11,13-14H,3-5H2,1-2H3/t11-,13-/m1/s1. The van der Waals surface area contributed by atoms with E-state index in [4.69, 9.17) is 4.74 Å². The summed E-state index contributed by atoms with van der Waals surface area (Å²) in [5, 5.41) is 9.67. The number of rotatable bonds is 2. The minimum atomic E-state index is -0.286. The van der Waals surface area contributed by atoms with Crippen LogP contribution in [0.2, 0.25) is 0 Å². The third-order valence-electron chi connectivity index (χ3n) is 3.03. The van der Waals surface area contributed by atoms with E-state index in [1.165, 1.54) is 5.56 Å². The summed E-state index contributed by atoms with van der Waals surface area (Å²) in [6, 6.07) is 6.15. The minimum absolute atomic E-state index is 0.00796. The molecule has 1 fully saturated rings. The molecule has 1 N–H and O–H groups in total. The van der Waals surface area contributed by atoms with Crippen LogP contribution in [0.1, 0.15) is 30.4 Å². The Morgan fingerprint density at radius 1 is 1.27 bits per heavy atom. The molecule has 2 atom stereocenters. The first-order chi connectivity index (χ1) is 7.16. The molecule has 1 aromatic rings. The van der Waals surface area contributed by atoms with Crippen LogP contribution < -0.4 is 4.74 Å². The highest BCUT2D eigenvalue weighted by Gasteiger charge is 2.27. The maximum absolute atomic E-state index is 9.67. The molecule has 0 bridgehead atoms. The van der Waals surface area contributed by atoms with Gasteiger partial charge in [0.25, 0.3) is 0 Å². The molecule has 0 aromatic heterocycles. The fourth-order valence-electron chi connectivity index (χ4n) is 2.14. The maximum atomic E-state index is 9.67. The van der Waals surface area contributed by atoms with E-state index in [0.29, 0.717) is 0 Å². The molecule has 1 aliphatic rings. The van der Waals surface area contributed by atoms with Crippen molar-refractivity contribution in [2.24, 2.45) is 0 Å². The van der Waals surface area contributed by atoms with Gasteiger partial charge in [-0.05, 0) is 44.7 Å². The summed E-state index contributed by atoms with van der Waals surface area (Å²) in [7, 11) is 0. The summed E-state index contributed by atoms with van der Waals surface area (Å²) in [5.74, 6) is 0.909. The Kier molecular flexibility index (Phi) is 2.96. The fourth-order valence-corrected chi connectivity index (χ4v) is 2.14. The summed E-state index contributed by atoms with van der Waals surface area (Å²) in [4.78, 5) is 0. The number of aliphatic hydroxyl groups is 1. The van der Waals surface area contributed by atoms with Crippen LogP contribution >= 0.6 is 0 Å². The monoisotopic (exact) mass is 206 g/mol. The van der Waals surface area contributed by atoms with Crippen molar-refractivity contribution in [3.8, 4) is 5.75 Å². The number of hydrogen-bond acceptors (Lipinski definition) is 2. The average molecular weight is 206 g/mol. The van der Waals surface area contributed by atoms with Crippen molar-refractivity contribution < 1.29 is 9.84 Å². The fraction of sp³-hybridized carbons (Fsp3) is 0.538. The predicted octanol–water partition coefficient (Wildman–Crippen LogP) is 2.60. The lowest BCUT2D eigenvalue weighted by Crippen LogP contribution is -2.25. The zero-order valence-corrected chi connectivity index (χ0v) is 9.36. The smallest absolute Gasteiger partial charge is 0.124 e. The molecule has 0 saturated heterocycles. The van der Waals surface area contributed by atoms with Crippen LogP contribution in [-0.4, -0.2) is 17.3 Å². The molecule has 0 aliphatic heterocycles. The Morgan fingerprint density at radius 3 is 2.67 bits per heavy atom. The minimum Gasteiger partial charge on any atom is -0.487 e. The van der Waals surface area contributed by atoms with Gasteiger partial charge in [-0.25, -0.2) is 0 Å². The molecule has 15 heavy (non-hydrogen) atoms. The van der Waals surface area contributed by atoms with E-state index < -0.39 is 0 Å². The second-order valence-corrected chi connectivity index (χ2v) is 4.42. The second kappa shape index (κ2) is 4.23. The van der Waals surface area contributed by atoms with Gasteiger partial charge in [-0.15, -0.1) is 0 Å². The van der Waals surface area contributed by atoms with Crippen molar-refractivity contribution in [1.29, 1.82) is 0 Å². The number of aliphatic hydroxyl groups excluding tert-OH is 1. The van der Waals surface area contributed by atoms with Gasteiger partial charge in [0.1, 0.15) is 11.9 Å². The van der Waals surface area contributed by atoms with E-state index in [2.05, 4.69) is 13.0 Å². The second-order valence-electron chi connectivity index (χ2n) is 4.42. The van der Waals surface area contributed by atoms with Gasteiger partial charge in [0.2, 0.25) is 0 Å². The molecule has 2 rings (SSSR count). The van der Waals surface area contributed by atoms with Crippen LogP contribution in [0.4, 0.5) is 0 Å². The van der Waals surface area contributed by atoms with Crippen molar-refractivity contribution in [2.45, 2.75) is 45.3 Å². The first kappa shape index (κ1) is 10.5. The molecular formula is C13H18O2. The Morgan fingerprint density at radius 2 is 2.07 bits per heavy atom. The van der Waals surface area contributed by atoms with Crippen molar-refractivity contribution >= 4 is 0 Å². The van der Waals surface area contributed by atoms with Crippen molar-refractivity contribution in [2.75, 3.05) is 0 Å². The molecule has 1 aromatic carbocycles. The highest BCUT2D eigenvalue weighted by Crippen LogP contribution is 2.27. The summed E-state index contributed by atoms with van der Waals surface area (Å²) in [6.45, 7) is 4.12. The number of ether oxygens (including phenoxy) is 1. The molecule has 1 saturated carbocycles. The van der Waals surface area contributed by atoms with E-state index in [1.807, 2.05) is 19.1 Å². The van der Waals surface area contributed by atoms with Crippen LogP contribution in [0.5, 0.6) is 5.75 Å². The molecule has 2 nitrogen and oxygen atoms in total. The van der Waals surface area contributed by atoms with Gasteiger partial charge in [-0.2, -0.15) is 0 Å². The highest BCUT2D eigenvalue weighted by atomic mass is 16.5. The van der Waals surface area contributed by atoms with Gasteiger partial charge in [0.15, 0.2) is 0 Å². The number of aryl methyl sites for hydroxylation is 2. The first-order valence-electron chi connectivity index (χ1n) is 5.59. The van der Waals surface area contributed by atoms with E-state index in [9.17, 15) is 5.11 Å². The first-order valence-corrected chi connectivity index (χ1v) is 5.59. The Labute approximate surface area is 90.9 Å². The molecule has 0 radical (unpaired) electrons. The molecule has 0 spiro atoms. The van der Waals surface area contributed by atoms with Crippen LogP contribution in [-0.2, 0) is 0 Å². The lowest BCUT2D eigenvalue weighted by molar-refractivity contribution is 0.0600. The zero-order chi connectivity index (χ0) is 10.8. The molecule has 0 heterocycles. The van der Waals surface area contributed by atoms with E-state index in [1.54, 1.807) is 0 Å². The van der Waals surface area contributed by atoms with Gasteiger partial charge < -0.3 is 9.84 Å². The predicted molar refractivity (Wildman–Crippen MR) is 60.2 cm³/mol. The van der Waals surface area contributed by atoms with Crippen molar-refractivity contribution in [3.05, 3.63) is 29.3 Å². The van der Waals surface area contributed by atoms with Crippen molar-refractivity contribution in [3.63, 3.8) is 0 Å². The maximum Gasteiger partial charge on any atom is 0.124 e. The molecule has 2 heteroatoms. The molecule has 1 aliphatic carbocycles. The topological polar surface area (TPSA) is 29.5 Å². The quantitative estimate of drug-likeness (QED) is 0.806. The lowest BCUT2D eigenvalue weighted by Gasteiger charge is -2.18. The summed E-state index contributed by atoms with van der Waals surface area (Å²) < 4.78 is 5.82.